The van der Waals surface area contributed by atoms with Crippen molar-refractivity contribution in [1.29, 1.82) is 0 Å². The highest BCUT2D eigenvalue weighted by molar-refractivity contribution is 14.1. The highest BCUT2D eigenvalue weighted by Crippen LogP contribution is 2.36. The normalized spacial score (nSPS) is 29.2. The lowest BCUT2D eigenvalue weighted by Gasteiger charge is -2.32. The lowest BCUT2D eigenvalue weighted by molar-refractivity contribution is 0.265. The molecule has 0 radical (unpaired) electrons. The SMILES string of the molecule is CCC1CCC(Cl)C(Cc2ccc(I)cc2)C1. The van der Waals surface area contributed by atoms with Gasteiger partial charge < -0.3 is 0 Å². The van der Waals surface area contributed by atoms with Crippen LogP contribution in [0.5, 0.6) is 0 Å². The Kier molecular flexibility index (Phi) is 5.16. The second-order valence-electron chi connectivity index (χ2n) is 5.19. The Morgan fingerprint density at radius 1 is 1.24 bits per heavy atom. The van der Waals surface area contributed by atoms with E-state index in [1.54, 1.807) is 0 Å². The van der Waals surface area contributed by atoms with Gasteiger partial charge in [-0.1, -0.05) is 25.5 Å². The highest BCUT2D eigenvalue weighted by atomic mass is 127. The summed E-state index contributed by atoms with van der Waals surface area (Å²) in [4.78, 5) is 0. The molecule has 2 heteroatoms. The summed E-state index contributed by atoms with van der Waals surface area (Å²) >= 11 is 8.84. The van der Waals surface area contributed by atoms with Crippen LogP contribution in [0.3, 0.4) is 0 Å². The van der Waals surface area contributed by atoms with Crippen molar-refractivity contribution in [3.05, 3.63) is 33.4 Å². The molecule has 0 aromatic heterocycles. The van der Waals surface area contributed by atoms with Gasteiger partial charge in [0, 0.05) is 8.95 Å². The molecule has 1 aromatic carbocycles. The Balaban J connectivity index is 1.98. The van der Waals surface area contributed by atoms with Crippen molar-refractivity contribution < 1.29 is 0 Å². The van der Waals surface area contributed by atoms with Gasteiger partial charge in [-0.2, -0.15) is 0 Å². The average Bonchev–Trinajstić information content (AvgIpc) is 2.35. The van der Waals surface area contributed by atoms with Crippen LogP contribution in [0.25, 0.3) is 0 Å². The lowest BCUT2D eigenvalue weighted by Crippen LogP contribution is -2.26. The van der Waals surface area contributed by atoms with Crippen LogP contribution in [0.15, 0.2) is 24.3 Å². The van der Waals surface area contributed by atoms with E-state index in [9.17, 15) is 0 Å². The quantitative estimate of drug-likeness (QED) is 0.508. The molecule has 0 aliphatic heterocycles. The number of hydrogen-bond donors (Lipinski definition) is 0. The molecule has 17 heavy (non-hydrogen) atoms. The second-order valence-corrected chi connectivity index (χ2v) is 7.00. The predicted octanol–water partition coefficient (Wildman–Crippen LogP) is 5.27. The Bertz CT molecular complexity index is 346. The summed E-state index contributed by atoms with van der Waals surface area (Å²) in [7, 11) is 0. The molecule has 1 aliphatic rings. The fourth-order valence-electron chi connectivity index (χ4n) is 2.83. The van der Waals surface area contributed by atoms with Crippen molar-refractivity contribution in [3.8, 4) is 0 Å². The van der Waals surface area contributed by atoms with Crippen LogP contribution in [0.1, 0.15) is 38.2 Å². The molecular weight excluding hydrogens is 343 g/mol. The molecule has 1 fully saturated rings. The Morgan fingerprint density at radius 3 is 2.59 bits per heavy atom. The molecule has 1 aromatic rings. The van der Waals surface area contributed by atoms with Crippen molar-refractivity contribution in [2.24, 2.45) is 11.8 Å². The molecule has 94 valence electrons. The average molecular weight is 363 g/mol. The molecular formula is C15H20ClI. The van der Waals surface area contributed by atoms with E-state index in [0.717, 1.165) is 12.3 Å². The van der Waals surface area contributed by atoms with Crippen LogP contribution in [-0.4, -0.2) is 5.38 Å². The van der Waals surface area contributed by atoms with Gasteiger partial charge in [0.15, 0.2) is 0 Å². The molecule has 1 aliphatic carbocycles. The Morgan fingerprint density at radius 2 is 1.94 bits per heavy atom. The summed E-state index contributed by atoms with van der Waals surface area (Å²) in [5, 5.41) is 0.386. The molecule has 1 saturated carbocycles. The van der Waals surface area contributed by atoms with Crippen LogP contribution < -0.4 is 0 Å². The summed E-state index contributed by atoms with van der Waals surface area (Å²) in [6.07, 6.45) is 6.31. The lowest BCUT2D eigenvalue weighted by atomic mass is 9.77. The van der Waals surface area contributed by atoms with Gasteiger partial charge in [-0.15, -0.1) is 11.6 Å². The monoisotopic (exact) mass is 362 g/mol. The minimum Gasteiger partial charge on any atom is -0.123 e. The first-order valence-electron chi connectivity index (χ1n) is 6.57. The third kappa shape index (κ3) is 3.85. The minimum atomic E-state index is 0.386. The number of benzene rings is 1. The molecule has 0 bridgehead atoms. The van der Waals surface area contributed by atoms with Gasteiger partial charge >= 0.3 is 0 Å². The van der Waals surface area contributed by atoms with E-state index >= 15 is 0 Å². The molecule has 0 nitrogen and oxygen atoms in total. The van der Waals surface area contributed by atoms with E-state index in [-0.39, 0.29) is 0 Å². The third-order valence-electron chi connectivity index (χ3n) is 3.99. The van der Waals surface area contributed by atoms with Gasteiger partial charge in [-0.25, -0.2) is 0 Å². The van der Waals surface area contributed by atoms with Gasteiger partial charge in [0.1, 0.15) is 0 Å². The van der Waals surface area contributed by atoms with E-state index < -0.39 is 0 Å². The van der Waals surface area contributed by atoms with E-state index in [2.05, 4.69) is 53.8 Å². The van der Waals surface area contributed by atoms with Crippen LogP contribution in [0.4, 0.5) is 0 Å². The summed E-state index contributed by atoms with van der Waals surface area (Å²) in [6, 6.07) is 8.89. The van der Waals surface area contributed by atoms with Gasteiger partial charge in [-0.05, 0) is 77.8 Å². The van der Waals surface area contributed by atoms with Crippen molar-refractivity contribution in [3.63, 3.8) is 0 Å². The second kappa shape index (κ2) is 6.42. The summed E-state index contributed by atoms with van der Waals surface area (Å²) in [6.45, 7) is 2.31. The van der Waals surface area contributed by atoms with Gasteiger partial charge in [-0.3, -0.25) is 0 Å². The van der Waals surface area contributed by atoms with Crippen molar-refractivity contribution >= 4 is 34.2 Å². The fourth-order valence-corrected chi connectivity index (χ4v) is 3.51. The number of rotatable bonds is 3. The zero-order valence-electron chi connectivity index (χ0n) is 10.3. The maximum atomic E-state index is 6.48. The first kappa shape index (κ1) is 13.7. The van der Waals surface area contributed by atoms with Crippen LogP contribution in [0, 0.1) is 15.4 Å². The van der Waals surface area contributed by atoms with Gasteiger partial charge in [0.25, 0.3) is 0 Å². The Hall–Kier alpha value is 0.240. The van der Waals surface area contributed by atoms with Crippen LogP contribution in [0.2, 0.25) is 0 Å². The van der Waals surface area contributed by atoms with Gasteiger partial charge in [0.05, 0.1) is 0 Å². The zero-order valence-corrected chi connectivity index (χ0v) is 13.2. The maximum absolute atomic E-state index is 6.48. The topological polar surface area (TPSA) is 0 Å². The molecule has 3 atom stereocenters. The third-order valence-corrected chi connectivity index (χ3v) is 5.28. The van der Waals surface area contributed by atoms with Crippen LogP contribution in [-0.2, 0) is 6.42 Å². The van der Waals surface area contributed by atoms with E-state index in [1.807, 2.05) is 0 Å². The molecule has 3 unspecified atom stereocenters. The predicted molar refractivity (Wildman–Crippen MR) is 83.6 cm³/mol. The van der Waals surface area contributed by atoms with Crippen molar-refractivity contribution in [2.45, 2.75) is 44.4 Å². The number of hydrogen-bond acceptors (Lipinski definition) is 0. The molecule has 0 N–H and O–H groups in total. The van der Waals surface area contributed by atoms with E-state index in [4.69, 9.17) is 11.6 Å². The van der Waals surface area contributed by atoms with Crippen molar-refractivity contribution in [2.75, 3.05) is 0 Å². The summed E-state index contributed by atoms with van der Waals surface area (Å²) < 4.78 is 1.31. The summed E-state index contributed by atoms with van der Waals surface area (Å²) in [5.41, 5.74) is 1.44. The maximum Gasteiger partial charge on any atom is 0.0367 e. The summed E-state index contributed by atoms with van der Waals surface area (Å²) in [5.74, 6) is 1.58. The zero-order chi connectivity index (χ0) is 12.3. The first-order chi connectivity index (χ1) is 8.19. The van der Waals surface area contributed by atoms with E-state index in [0.29, 0.717) is 11.3 Å². The first-order valence-corrected chi connectivity index (χ1v) is 8.09. The largest absolute Gasteiger partial charge is 0.123 e. The number of alkyl halides is 1. The van der Waals surface area contributed by atoms with Crippen molar-refractivity contribution in [1.82, 2.24) is 0 Å². The molecule has 0 heterocycles. The van der Waals surface area contributed by atoms with E-state index in [1.165, 1.54) is 34.8 Å². The Labute approximate surface area is 123 Å². The molecule has 0 saturated heterocycles. The smallest absolute Gasteiger partial charge is 0.0367 e. The molecule has 2 rings (SSSR count). The van der Waals surface area contributed by atoms with Crippen LogP contribution >= 0.6 is 34.2 Å². The molecule has 0 spiro atoms. The number of halogens is 2. The van der Waals surface area contributed by atoms with Gasteiger partial charge in [0.2, 0.25) is 0 Å². The molecule has 0 amide bonds. The fraction of sp³-hybridized carbons (Fsp3) is 0.600. The minimum absolute atomic E-state index is 0.386. The highest BCUT2D eigenvalue weighted by Gasteiger charge is 2.28. The standard InChI is InChI=1S/C15H20ClI/c1-2-11-5-8-15(16)13(9-11)10-12-3-6-14(17)7-4-12/h3-4,6-7,11,13,15H,2,5,8-10H2,1H3.